The van der Waals surface area contributed by atoms with Crippen molar-refractivity contribution < 1.29 is 14.0 Å². The summed E-state index contributed by atoms with van der Waals surface area (Å²) in [5, 5.41) is 2.77. The molecule has 0 saturated carbocycles. The Balaban J connectivity index is 1.38. The van der Waals surface area contributed by atoms with E-state index >= 15 is 0 Å². The minimum Gasteiger partial charge on any atom is -0.322 e. The number of para-hydroxylation sites is 1. The van der Waals surface area contributed by atoms with Crippen LogP contribution < -0.4 is 10.2 Å². The van der Waals surface area contributed by atoms with Crippen LogP contribution in [0, 0.1) is 12.7 Å². The molecule has 33 heavy (non-hydrogen) atoms. The fourth-order valence-electron chi connectivity index (χ4n) is 4.18. The van der Waals surface area contributed by atoms with E-state index < -0.39 is 11.7 Å². The van der Waals surface area contributed by atoms with Gasteiger partial charge in [0.1, 0.15) is 5.82 Å². The molecule has 0 aromatic heterocycles. The lowest BCUT2D eigenvalue weighted by Gasteiger charge is -2.31. The van der Waals surface area contributed by atoms with Crippen LogP contribution in [0.5, 0.6) is 0 Å². The van der Waals surface area contributed by atoms with E-state index in [1.807, 2.05) is 42.5 Å². The summed E-state index contributed by atoms with van der Waals surface area (Å²) in [4.78, 5) is 27.7. The van der Waals surface area contributed by atoms with Crippen LogP contribution in [0.2, 0.25) is 0 Å². The minimum absolute atomic E-state index is 0.115. The molecule has 4 aromatic rings. The first-order valence-corrected chi connectivity index (χ1v) is 10.7. The summed E-state index contributed by atoms with van der Waals surface area (Å²) in [6.45, 7) is 2.24. The Morgan fingerprint density at radius 1 is 0.848 bits per heavy atom. The maximum atomic E-state index is 13.5. The summed E-state index contributed by atoms with van der Waals surface area (Å²) < 4.78 is 13.5. The SMILES string of the molecule is Cc1ccc(F)cc1C(=O)Nc1ccc(C(=O)N2Cc3ccccc3-c3ccccc32)cc1. The molecule has 0 radical (unpaired) electrons. The predicted molar refractivity (Wildman–Crippen MR) is 128 cm³/mol. The van der Waals surface area contributed by atoms with Gasteiger partial charge in [-0.3, -0.25) is 9.59 Å². The fourth-order valence-corrected chi connectivity index (χ4v) is 4.18. The summed E-state index contributed by atoms with van der Waals surface area (Å²) in [6, 6.07) is 26.9. The van der Waals surface area contributed by atoms with E-state index in [-0.39, 0.29) is 11.5 Å². The number of hydrogen-bond donors (Lipinski definition) is 1. The van der Waals surface area contributed by atoms with Crippen LogP contribution in [0.15, 0.2) is 91.0 Å². The molecule has 0 bridgehead atoms. The molecule has 1 N–H and O–H groups in total. The van der Waals surface area contributed by atoms with Crippen LogP contribution in [0.3, 0.4) is 0 Å². The van der Waals surface area contributed by atoms with Gasteiger partial charge in [-0.1, -0.05) is 48.5 Å². The highest BCUT2D eigenvalue weighted by atomic mass is 19.1. The molecule has 5 heteroatoms. The van der Waals surface area contributed by atoms with Crippen LogP contribution in [0.1, 0.15) is 31.8 Å². The Labute approximate surface area is 191 Å². The fraction of sp³-hybridized carbons (Fsp3) is 0.0714. The quantitative estimate of drug-likeness (QED) is 0.415. The molecule has 0 saturated heterocycles. The van der Waals surface area contributed by atoms with Gasteiger partial charge in [0.2, 0.25) is 0 Å². The van der Waals surface area contributed by atoms with E-state index in [1.165, 1.54) is 12.1 Å². The number of benzene rings is 4. The Morgan fingerprint density at radius 3 is 2.33 bits per heavy atom. The monoisotopic (exact) mass is 436 g/mol. The Bertz CT molecular complexity index is 1380. The zero-order chi connectivity index (χ0) is 22.9. The molecular formula is C28H21FN2O2. The third kappa shape index (κ3) is 3.89. The first-order valence-electron chi connectivity index (χ1n) is 10.7. The highest BCUT2D eigenvalue weighted by Gasteiger charge is 2.26. The standard InChI is InChI=1S/C28H21FN2O2/c1-18-10-13-21(29)16-25(18)27(32)30-22-14-11-19(12-15-22)28(33)31-17-20-6-2-3-7-23(20)24-8-4-5-9-26(24)31/h2-16H,17H2,1H3,(H,30,32). The van der Waals surface area contributed by atoms with E-state index in [1.54, 1.807) is 42.2 Å². The Morgan fingerprint density at radius 2 is 1.55 bits per heavy atom. The van der Waals surface area contributed by atoms with Crippen molar-refractivity contribution in [2.45, 2.75) is 13.5 Å². The predicted octanol–water partition coefficient (Wildman–Crippen LogP) is 6.21. The first kappa shape index (κ1) is 20.6. The molecule has 0 unspecified atom stereocenters. The van der Waals surface area contributed by atoms with E-state index in [0.29, 0.717) is 23.4 Å². The van der Waals surface area contributed by atoms with Crippen LogP contribution in [-0.4, -0.2) is 11.8 Å². The number of amides is 2. The highest BCUT2D eigenvalue weighted by Crippen LogP contribution is 2.39. The van der Waals surface area contributed by atoms with E-state index in [4.69, 9.17) is 0 Å². The molecule has 5 rings (SSSR count). The molecule has 1 heterocycles. The molecule has 0 fully saturated rings. The van der Waals surface area contributed by atoms with E-state index in [2.05, 4.69) is 11.4 Å². The number of carbonyl (C=O) groups excluding carboxylic acids is 2. The van der Waals surface area contributed by atoms with Gasteiger partial charge in [0.05, 0.1) is 12.2 Å². The Kier molecular flexibility index (Phi) is 5.23. The minimum atomic E-state index is -0.463. The molecule has 4 nitrogen and oxygen atoms in total. The zero-order valence-corrected chi connectivity index (χ0v) is 18.0. The summed E-state index contributed by atoms with van der Waals surface area (Å²) >= 11 is 0. The molecule has 1 aliphatic heterocycles. The van der Waals surface area contributed by atoms with Gasteiger partial charge in [0.25, 0.3) is 11.8 Å². The van der Waals surface area contributed by atoms with Gasteiger partial charge in [-0.2, -0.15) is 0 Å². The zero-order valence-electron chi connectivity index (χ0n) is 18.0. The molecular weight excluding hydrogens is 415 g/mol. The van der Waals surface area contributed by atoms with Crippen molar-refractivity contribution in [2.75, 3.05) is 10.2 Å². The number of nitrogens with zero attached hydrogens (tertiary/aromatic N) is 1. The lowest BCUT2D eigenvalue weighted by Crippen LogP contribution is -2.33. The molecule has 0 atom stereocenters. The second kappa shape index (κ2) is 8.36. The van der Waals surface area contributed by atoms with Gasteiger partial charge in [-0.25, -0.2) is 4.39 Å². The van der Waals surface area contributed by atoms with E-state index in [9.17, 15) is 14.0 Å². The average molecular weight is 436 g/mol. The largest absolute Gasteiger partial charge is 0.322 e. The van der Waals surface area contributed by atoms with Crippen molar-refractivity contribution in [1.29, 1.82) is 0 Å². The van der Waals surface area contributed by atoms with Gasteiger partial charge in [0, 0.05) is 22.4 Å². The number of nitrogens with one attached hydrogen (secondary N) is 1. The van der Waals surface area contributed by atoms with Crippen LogP contribution in [0.4, 0.5) is 15.8 Å². The van der Waals surface area contributed by atoms with Gasteiger partial charge >= 0.3 is 0 Å². The summed E-state index contributed by atoms with van der Waals surface area (Å²) in [5.41, 5.74) is 6.15. The summed E-state index contributed by atoms with van der Waals surface area (Å²) in [7, 11) is 0. The summed E-state index contributed by atoms with van der Waals surface area (Å²) in [5.74, 6) is -0.974. The lowest BCUT2D eigenvalue weighted by molar-refractivity contribution is 0.0983. The van der Waals surface area contributed by atoms with Crippen molar-refractivity contribution in [1.82, 2.24) is 0 Å². The van der Waals surface area contributed by atoms with Crippen LogP contribution in [0.25, 0.3) is 11.1 Å². The van der Waals surface area contributed by atoms with Crippen LogP contribution in [-0.2, 0) is 6.54 Å². The van der Waals surface area contributed by atoms with Crippen LogP contribution >= 0.6 is 0 Å². The average Bonchev–Trinajstić information content (AvgIpc) is 2.85. The van der Waals surface area contributed by atoms with Gasteiger partial charge < -0.3 is 10.2 Å². The Hall–Kier alpha value is -4.25. The normalized spacial score (nSPS) is 12.0. The number of anilines is 2. The number of carbonyl (C=O) groups is 2. The topological polar surface area (TPSA) is 49.4 Å². The number of halogens is 1. The smallest absolute Gasteiger partial charge is 0.258 e. The number of rotatable bonds is 3. The number of fused-ring (bicyclic) bond motifs is 3. The molecule has 1 aliphatic rings. The third-order valence-electron chi connectivity index (χ3n) is 5.91. The molecule has 4 aromatic carbocycles. The van der Waals surface area contributed by atoms with Crippen molar-refractivity contribution in [3.8, 4) is 11.1 Å². The maximum absolute atomic E-state index is 13.5. The molecule has 0 spiro atoms. The summed E-state index contributed by atoms with van der Waals surface area (Å²) in [6.07, 6.45) is 0. The van der Waals surface area contributed by atoms with Crippen molar-refractivity contribution >= 4 is 23.2 Å². The third-order valence-corrected chi connectivity index (χ3v) is 5.91. The van der Waals surface area contributed by atoms with Gasteiger partial charge in [0.15, 0.2) is 0 Å². The van der Waals surface area contributed by atoms with Crippen molar-refractivity contribution in [3.05, 3.63) is 119 Å². The molecule has 162 valence electrons. The second-order valence-electron chi connectivity index (χ2n) is 8.06. The van der Waals surface area contributed by atoms with Crippen molar-refractivity contribution in [3.63, 3.8) is 0 Å². The molecule has 0 aliphatic carbocycles. The van der Waals surface area contributed by atoms with Gasteiger partial charge in [-0.15, -0.1) is 0 Å². The first-order chi connectivity index (χ1) is 16.0. The second-order valence-corrected chi connectivity index (χ2v) is 8.06. The van der Waals surface area contributed by atoms with E-state index in [0.717, 1.165) is 22.4 Å². The molecule has 2 amide bonds. The maximum Gasteiger partial charge on any atom is 0.258 e. The lowest BCUT2D eigenvalue weighted by atomic mass is 9.93. The highest BCUT2D eigenvalue weighted by molar-refractivity contribution is 6.10. The number of hydrogen-bond acceptors (Lipinski definition) is 2. The van der Waals surface area contributed by atoms with Gasteiger partial charge in [-0.05, 0) is 66.1 Å². The number of aryl methyl sites for hydroxylation is 1. The van der Waals surface area contributed by atoms with Crippen molar-refractivity contribution in [2.24, 2.45) is 0 Å².